The number of benzene rings is 1. The van der Waals surface area contributed by atoms with Gasteiger partial charge in [0, 0.05) is 25.7 Å². The zero-order valence-electron chi connectivity index (χ0n) is 12.2. The van der Waals surface area contributed by atoms with E-state index in [0.29, 0.717) is 6.54 Å². The lowest BCUT2D eigenvalue weighted by Crippen LogP contribution is -2.40. The first kappa shape index (κ1) is 16.0. The highest BCUT2D eigenvalue weighted by molar-refractivity contribution is 5.91. The minimum atomic E-state index is -0.835. The molecule has 0 aromatic heterocycles. The summed E-state index contributed by atoms with van der Waals surface area (Å²) < 4.78 is 0. The lowest BCUT2D eigenvalue weighted by molar-refractivity contribution is -0.138. The fourth-order valence-electron chi connectivity index (χ4n) is 1.84. The van der Waals surface area contributed by atoms with Crippen molar-refractivity contribution < 1.29 is 14.7 Å². The molecule has 5 heteroatoms. The number of carbonyl (C=O) groups is 2. The summed E-state index contributed by atoms with van der Waals surface area (Å²) in [5, 5.41) is 11.5. The Morgan fingerprint density at radius 3 is 2.40 bits per heavy atom. The van der Waals surface area contributed by atoms with Gasteiger partial charge >= 0.3 is 12.0 Å². The SMILES string of the molecule is CCC(CNC(=O)N(C)c1ccc(C)cc1)CC(=O)O. The Balaban J connectivity index is 2.53. The van der Waals surface area contributed by atoms with Crippen LogP contribution in [0.1, 0.15) is 25.3 Å². The van der Waals surface area contributed by atoms with E-state index in [1.54, 1.807) is 7.05 Å². The highest BCUT2D eigenvalue weighted by Gasteiger charge is 2.15. The fourth-order valence-corrected chi connectivity index (χ4v) is 1.84. The number of urea groups is 1. The van der Waals surface area contributed by atoms with E-state index >= 15 is 0 Å². The van der Waals surface area contributed by atoms with Gasteiger partial charge in [-0.15, -0.1) is 0 Å². The van der Waals surface area contributed by atoms with Crippen molar-refractivity contribution in [1.29, 1.82) is 0 Å². The summed E-state index contributed by atoms with van der Waals surface area (Å²) in [6.45, 7) is 4.28. The molecule has 0 aliphatic carbocycles. The fraction of sp³-hybridized carbons (Fsp3) is 0.467. The van der Waals surface area contributed by atoms with Crippen molar-refractivity contribution in [2.24, 2.45) is 5.92 Å². The summed E-state index contributed by atoms with van der Waals surface area (Å²) in [4.78, 5) is 24.2. The van der Waals surface area contributed by atoms with Gasteiger partial charge in [0.2, 0.25) is 0 Å². The molecule has 1 atom stereocenters. The summed E-state index contributed by atoms with van der Waals surface area (Å²) >= 11 is 0. The Hall–Kier alpha value is -2.04. The van der Waals surface area contributed by atoms with Crippen LogP contribution in [0.4, 0.5) is 10.5 Å². The number of nitrogens with zero attached hydrogens (tertiary/aromatic N) is 1. The Kier molecular flexibility index (Phi) is 6.03. The number of carboxylic acids is 1. The zero-order valence-corrected chi connectivity index (χ0v) is 12.2. The van der Waals surface area contributed by atoms with Crippen molar-refractivity contribution in [2.45, 2.75) is 26.7 Å². The first-order valence-corrected chi connectivity index (χ1v) is 6.74. The second-order valence-corrected chi connectivity index (χ2v) is 4.95. The molecule has 1 aromatic carbocycles. The van der Waals surface area contributed by atoms with Crippen LogP contribution in [0, 0.1) is 12.8 Å². The van der Waals surface area contributed by atoms with Crippen LogP contribution in [0.15, 0.2) is 24.3 Å². The number of hydrogen-bond donors (Lipinski definition) is 2. The predicted octanol–water partition coefficient (Wildman–Crippen LogP) is 2.64. The summed E-state index contributed by atoms with van der Waals surface area (Å²) in [7, 11) is 1.69. The molecule has 0 fully saturated rings. The molecule has 2 N–H and O–H groups in total. The molecular formula is C15H22N2O3. The Morgan fingerprint density at radius 2 is 1.90 bits per heavy atom. The van der Waals surface area contributed by atoms with E-state index in [4.69, 9.17) is 5.11 Å². The van der Waals surface area contributed by atoms with Gasteiger partial charge in [-0.2, -0.15) is 0 Å². The molecule has 1 aromatic rings. The maximum absolute atomic E-state index is 12.0. The van der Waals surface area contributed by atoms with Crippen LogP contribution in [0.25, 0.3) is 0 Å². The molecule has 0 saturated carbocycles. The van der Waals surface area contributed by atoms with E-state index in [1.807, 2.05) is 38.1 Å². The van der Waals surface area contributed by atoms with E-state index in [0.717, 1.165) is 17.7 Å². The molecule has 0 spiro atoms. The van der Waals surface area contributed by atoms with Crippen LogP contribution in [0.3, 0.4) is 0 Å². The first-order valence-electron chi connectivity index (χ1n) is 6.74. The van der Waals surface area contributed by atoms with Crippen LogP contribution in [-0.2, 0) is 4.79 Å². The van der Waals surface area contributed by atoms with E-state index in [2.05, 4.69) is 5.32 Å². The molecule has 20 heavy (non-hydrogen) atoms. The molecular weight excluding hydrogens is 256 g/mol. The van der Waals surface area contributed by atoms with E-state index in [-0.39, 0.29) is 18.4 Å². The smallest absolute Gasteiger partial charge is 0.321 e. The van der Waals surface area contributed by atoms with Crippen molar-refractivity contribution in [3.05, 3.63) is 29.8 Å². The summed E-state index contributed by atoms with van der Waals surface area (Å²) in [5.41, 5.74) is 1.94. The summed E-state index contributed by atoms with van der Waals surface area (Å²) in [5.74, 6) is -0.874. The van der Waals surface area contributed by atoms with Gasteiger partial charge in [-0.25, -0.2) is 4.79 Å². The number of aryl methyl sites for hydroxylation is 1. The normalized spacial score (nSPS) is 11.8. The molecule has 1 rings (SSSR count). The van der Waals surface area contributed by atoms with Gasteiger partial charge in [0.1, 0.15) is 0 Å². The molecule has 2 amide bonds. The molecule has 0 saturated heterocycles. The predicted molar refractivity (Wildman–Crippen MR) is 79.0 cm³/mol. The average Bonchev–Trinajstić information content (AvgIpc) is 2.42. The maximum Gasteiger partial charge on any atom is 0.321 e. The van der Waals surface area contributed by atoms with Gasteiger partial charge in [0.15, 0.2) is 0 Å². The third-order valence-corrected chi connectivity index (χ3v) is 3.31. The van der Waals surface area contributed by atoms with Crippen LogP contribution in [0.2, 0.25) is 0 Å². The largest absolute Gasteiger partial charge is 0.481 e. The zero-order chi connectivity index (χ0) is 15.1. The van der Waals surface area contributed by atoms with Gasteiger partial charge in [-0.05, 0) is 25.0 Å². The first-order chi connectivity index (χ1) is 9.43. The minimum absolute atomic E-state index is 0.0390. The highest BCUT2D eigenvalue weighted by atomic mass is 16.4. The molecule has 0 aliphatic rings. The van der Waals surface area contributed by atoms with E-state index in [9.17, 15) is 9.59 Å². The summed E-state index contributed by atoms with van der Waals surface area (Å²) in [6.07, 6.45) is 0.797. The van der Waals surface area contributed by atoms with Crippen LogP contribution < -0.4 is 10.2 Å². The third kappa shape index (κ3) is 4.91. The van der Waals surface area contributed by atoms with Gasteiger partial charge in [-0.1, -0.05) is 31.0 Å². The Bertz CT molecular complexity index is 457. The molecule has 5 nitrogen and oxygen atoms in total. The Morgan fingerprint density at radius 1 is 1.30 bits per heavy atom. The topological polar surface area (TPSA) is 69.6 Å². The second kappa shape index (κ2) is 7.53. The number of amides is 2. The van der Waals surface area contributed by atoms with E-state index in [1.165, 1.54) is 4.90 Å². The van der Waals surface area contributed by atoms with Crippen molar-refractivity contribution in [3.63, 3.8) is 0 Å². The van der Waals surface area contributed by atoms with Crippen molar-refractivity contribution >= 4 is 17.7 Å². The average molecular weight is 278 g/mol. The summed E-state index contributed by atoms with van der Waals surface area (Å²) in [6, 6.07) is 7.42. The van der Waals surface area contributed by atoms with Crippen molar-refractivity contribution in [1.82, 2.24) is 5.32 Å². The molecule has 0 heterocycles. The van der Waals surface area contributed by atoms with Crippen molar-refractivity contribution in [2.75, 3.05) is 18.5 Å². The van der Waals surface area contributed by atoms with Gasteiger partial charge in [0.25, 0.3) is 0 Å². The number of nitrogens with one attached hydrogen (secondary N) is 1. The molecule has 0 bridgehead atoms. The molecule has 1 unspecified atom stereocenters. The maximum atomic E-state index is 12.0. The van der Waals surface area contributed by atoms with Crippen molar-refractivity contribution in [3.8, 4) is 0 Å². The number of carboxylic acid groups (broad SMARTS) is 1. The molecule has 0 radical (unpaired) electrons. The van der Waals surface area contributed by atoms with Crippen LogP contribution >= 0.6 is 0 Å². The number of hydrogen-bond acceptors (Lipinski definition) is 2. The standard InChI is InChI=1S/C15H22N2O3/c1-4-12(9-14(18)19)10-16-15(20)17(3)13-7-5-11(2)6-8-13/h5-8,12H,4,9-10H2,1-3H3,(H,16,20)(H,18,19). The number of anilines is 1. The minimum Gasteiger partial charge on any atom is -0.481 e. The van der Waals surface area contributed by atoms with Gasteiger partial charge in [-0.3, -0.25) is 9.69 Å². The highest BCUT2D eigenvalue weighted by Crippen LogP contribution is 2.13. The lowest BCUT2D eigenvalue weighted by Gasteiger charge is -2.20. The molecule has 0 aliphatic heterocycles. The van der Waals surface area contributed by atoms with Gasteiger partial charge < -0.3 is 10.4 Å². The second-order valence-electron chi connectivity index (χ2n) is 4.95. The van der Waals surface area contributed by atoms with Crippen LogP contribution in [-0.4, -0.2) is 30.7 Å². The number of carbonyl (C=O) groups excluding carboxylic acids is 1. The number of aliphatic carboxylic acids is 1. The van der Waals surface area contributed by atoms with E-state index < -0.39 is 5.97 Å². The number of rotatable bonds is 6. The third-order valence-electron chi connectivity index (χ3n) is 3.31. The monoisotopic (exact) mass is 278 g/mol. The van der Waals surface area contributed by atoms with Gasteiger partial charge in [0.05, 0.1) is 0 Å². The Labute approximate surface area is 119 Å². The quantitative estimate of drug-likeness (QED) is 0.840. The molecule has 110 valence electrons. The van der Waals surface area contributed by atoms with Crippen LogP contribution in [0.5, 0.6) is 0 Å². The lowest BCUT2D eigenvalue weighted by atomic mass is 10.0.